The third-order valence-electron chi connectivity index (χ3n) is 6.63. The first-order valence-electron chi connectivity index (χ1n) is 12.4. The number of hydrogen-bond acceptors (Lipinski definition) is 9. The summed E-state index contributed by atoms with van der Waals surface area (Å²) in [6.07, 6.45) is -3.04. The predicted molar refractivity (Wildman–Crippen MR) is 156 cm³/mol. The van der Waals surface area contributed by atoms with Gasteiger partial charge in [-0.2, -0.15) is 17.5 Å². The van der Waals surface area contributed by atoms with Crippen molar-refractivity contribution < 1.29 is 27.1 Å². The van der Waals surface area contributed by atoms with Crippen molar-refractivity contribution in [3.05, 3.63) is 53.3 Å². The Morgan fingerprint density at radius 2 is 1.85 bits per heavy atom. The zero-order valence-corrected chi connectivity index (χ0v) is 25.5. The van der Waals surface area contributed by atoms with Gasteiger partial charge in [-0.1, -0.05) is 38.2 Å². The molecule has 1 amide bonds. The average Bonchev–Trinajstić information content (AvgIpc) is 3.43. The fourth-order valence-corrected chi connectivity index (χ4v) is 6.23. The summed E-state index contributed by atoms with van der Waals surface area (Å²) in [5.74, 6) is -0.0364. The van der Waals surface area contributed by atoms with Crippen molar-refractivity contribution in [3.8, 4) is 5.88 Å². The molecule has 0 aliphatic carbocycles. The number of ether oxygens (including phenoxy) is 1. The number of amides is 1. The van der Waals surface area contributed by atoms with E-state index in [1.54, 1.807) is 25.1 Å². The number of pyridine rings is 1. The molecule has 2 N–H and O–H groups in total. The number of thiazole rings is 1. The zero-order chi connectivity index (χ0) is 29.3. The van der Waals surface area contributed by atoms with Crippen molar-refractivity contribution in [1.82, 2.24) is 14.3 Å². The van der Waals surface area contributed by atoms with E-state index in [1.807, 2.05) is 0 Å². The van der Waals surface area contributed by atoms with Crippen LogP contribution in [0.4, 0.5) is 29.0 Å². The third kappa shape index (κ3) is 6.79. The van der Waals surface area contributed by atoms with E-state index in [-0.39, 0.29) is 21.2 Å². The third-order valence-corrected chi connectivity index (χ3v) is 13.0. The first-order valence-corrected chi connectivity index (χ1v) is 16.9. The van der Waals surface area contributed by atoms with Crippen molar-refractivity contribution >= 4 is 63.1 Å². The minimum Gasteiger partial charge on any atom is -0.475 e. The van der Waals surface area contributed by atoms with Gasteiger partial charge in [-0.3, -0.25) is 4.79 Å². The predicted octanol–water partition coefficient (Wildman–Crippen LogP) is 7.87. The molecule has 0 unspecified atom stereocenters. The quantitative estimate of drug-likeness (QED) is 0.147. The van der Waals surface area contributed by atoms with Crippen molar-refractivity contribution in [3.63, 3.8) is 0 Å². The molecular weight excluding hydrogens is 580 g/mol. The van der Waals surface area contributed by atoms with Gasteiger partial charge in [0.05, 0.1) is 45.5 Å². The molecule has 0 atom stereocenters. The van der Waals surface area contributed by atoms with Crippen LogP contribution < -0.4 is 15.4 Å². The van der Waals surface area contributed by atoms with Gasteiger partial charge in [0.25, 0.3) is 5.91 Å². The smallest absolute Gasteiger partial charge is 0.418 e. The molecule has 0 spiro atoms. The standard InChI is InChI=1S/C26H30F3N5O3S2Si/c1-15-20(23(39-34-15)33-24-32-21-17(26(27,28)29)8-7-9-18(21)38-24)22(35)31-16-10-11-19(30-14-16)36-12-13-37-40(5,6)25(2,3)4/h7-11,14H,12-13H2,1-6H3,(H,31,35)(H,32,33). The largest absolute Gasteiger partial charge is 0.475 e. The van der Waals surface area contributed by atoms with Crippen molar-refractivity contribution in [2.75, 3.05) is 23.8 Å². The Morgan fingerprint density at radius 1 is 1.10 bits per heavy atom. The summed E-state index contributed by atoms with van der Waals surface area (Å²) in [4.78, 5) is 21.5. The van der Waals surface area contributed by atoms with Crippen LogP contribution in [0.25, 0.3) is 10.2 Å². The number of alkyl halides is 3. The lowest BCUT2D eigenvalue weighted by atomic mass is 10.2. The summed E-state index contributed by atoms with van der Waals surface area (Å²) >= 11 is 2.09. The van der Waals surface area contributed by atoms with Gasteiger partial charge >= 0.3 is 6.18 Å². The monoisotopic (exact) mass is 609 g/mol. The maximum atomic E-state index is 13.4. The van der Waals surface area contributed by atoms with Gasteiger partial charge < -0.3 is 19.8 Å². The summed E-state index contributed by atoms with van der Waals surface area (Å²) in [7, 11) is -1.86. The lowest BCUT2D eigenvalue weighted by Crippen LogP contribution is -2.41. The lowest BCUT2D eigenvalue weighted by Gasteiger charge is -2.36. The Labute approximate surface area is 239 Å². The number of nitrogens with zero attached hydrogens (tertiary/aromatic N) is 3. The Bertz CT molecular complexity index is 1500. The highest BCUT2D eigenvalue weighted by atomic mass is 32.1. The molecule has 8 nitrogen and oxygen atoms in total. The maximum Gasteiger partial charge on any atom is 0.418 e. The topological polar surface area (TPSA) is 98.3 Å². The zero-order valence-electron chi connectivity index (χ0n) is 22.9. The van der Waals surface area contributed by atoms with E-state index in [9.17, 15) is 18.0 Å². The summed E-state index contributed by atoms with van der Waals surface area (Å²) in [6, 6.07) is 7.23. The molecule has 0 radical (unpaired) electrons. The van der Waals surface area contributed by atoms with Crippen LogP contribution in [0.1, 0.15) is 42.4 Å². The average molecular weight is 610 g/mol. The highest BCUT2D eigenvalue weighted by molar-refractivity contribution is 7.22. The molecule has 0 bridgehead atoms. The number of nitrogens with one attached hydrogen (secondary N) is 2. The number of carbonyl (C=O) groups excluding carboxylic acids is 1. The molecule has 0 aliphatic heterocycles. The second-order valence-corrected chi connectivity index (χ2v) is 17.2. The van der Waals surface area contributed by atoms with Crippen LogP contribution >= 0.6 is 22.9 Å². The Balaban J connectivity index is 1.39. The number of aryl methyl sites for hydroxylation is 1. The van der Waals surface area contributed by atoms with E-state index in [1.165, 1.54) is 12.3 Å². The second-order valence-electron chi connectivity index (χ2n) is 10.6. The number of halogens is 3. The number of fused-ring (bicyclic) bond motifs is 1. The van der Waals surface area contributed by atoms with Crippen molar-refractivity contribution in [2.24, 2.45) is 0 Å². The van der Waals surface area contributed by atoms with Crippen LogP contribution in [0.3, 0.4) is 0 Å². The van der Waals surface area contributed by atoms with Gasteiger partial charge in [0, 0.05) is 6.07 Å². The van der Waals surface area contributed by atoms with E-state index in [2.05, 4.69) is 58.8 Å². The lowest BCUT2D eigenvalue weighted by molar-refractivity contribution is -0.136. The van der Waals surface area contributed by atoms with Gasteiger partial charge in [-0.25, -0.2) is 9.97 Å². The van der Waals surface area contributed by atoms with E-state index >= 15 is 0 Å². The molecule has 4 aromatic rings. The highest BCUT2D eigenvalue weighted by Crippen LogP contribution is 2.39. The summed E-state index contributed by atoms with van der Waals surface area (Å²) in [5.41, 5.74) is 0.229. The van der Waals surface area contributed by atoms with Crippen LogP contribution in [0.15, 0.2) is 36.5 Å². The van der Waals surface area contributed by atoms with Gasteiger partial charge in [-0.15, -0.1) is 0 Å². The van der Waals surface area contributed by atoms with Crippen molar-refractivity contribution in [2.45, 2.75) is 52.0 Å². The van der Waals surface area contributed by atoms with Crippen LogP contribution in [0, 0.1) is 6.92 Å². The first-order chi connectivity index (χ1) is 18.7. The van der Waals surface area contributed by atoms with E-state index in [0.717, 1.165) is 28.9 Å². The highest BCUT2D eigenvalue weighted by Gasteiger charge is 2.37. The van der Waals surface area contributed by atoms with Gasteiger partial charge in [0.1, 0.15) is 11.6 Å². The van der Waals surface area contributed by atoms with Gasteiger partial charge in [0.15, 0.2) is 13.4 Å². The SMILES string of the molecule is Cc1nsc(Nc2nc3c(C(F)(F)F)cccc3s2)c1C(=O)Nc1ccc(OCCO[Si](C)(C)C(C)(C)C)nc1. The molecule has 3 aromatic heterocycles. The number of carbonyl (C=O) groups is 1. The molecular formula is C26H30F3N5O3S2Si. The summed E-state index contributed by atoms with van der Waals surface area (Å²) in [6.45, 7) is 13.4. The number of para-hydroxylation sites is 1. The Morgan fingerprint density at radius 3 is 2.50 bits per heavy atom. The van der Waals surface area contributed by atoms with E-state index in [0.29, 0.717) is 40.2 Å². The molecule has 0 saturated heterocycles. The fourth-order valence-electron chi connectivity index (χ4n) is 3.44. The Hall–Kier alpha value is -3.07. The molecule has 1 aromatic carbocycles. The number of aromatic nitrogens is 3. The van der Waals surface area contributed by atoms with Crippen LogP contribution in [-0.4, -0.2) is 41.8 Å². The van der Waals surface area contributed by atoms with Crippen molar-refractivity contribution in [1.29, 1.82) is 0 Å². The number of benzene rings is 1. The fraction of sp³-hybridized carbons (Fsp3) is 0.385. The summed E-state index contributed by atoms with van der Waals surface area (Å²) < 4.78 is 56.6. The van der Waals surface area contributed by atoms with Gasteiger partial charge in [0.2, 0.25) is 5.88 Å². The molecule has 40 heavy (non-hydrogen) atoms. The van der Waals surface area contributed by atoms with Gasteiger partial charge in [-0.05, 0) is 54.8 Å². The first kappa shape index (κ1) is 29.9. The second kappa shape index (κ2) is 11.4. The van der Waals surface area contributed by atoms with Crippen LogP contribution in [0.2, 0.25) is 18.1 Å². The van der Waals surface area contributed by atoms with E-state index in [4.69, 9.17) is 9.16 Å². The summed E-state index contributed by atoms with van der Waals surface area (Å²) in [5, 5.41) is 6.47. The van der Waals surface area contributed by atoms with Crippen LogP contribution in [0.5, 0.6) is 5.88 Å². The molecule has 14 heteroatoms. The van der Waals surface area contributed by atoms with Crippen LogP contribution in [-0.2, 0) is 10.6 Å². The molecule has 3 heterocycles. The number of rotatable bonds is 9. The molecule has 214 valence electrons. The normalized spacial score (nSPS) is 12.5. The maximum absolute atomic E-state index is 13.4. The molecule has 0 aliphatic rings. The minimum atomic E-state index is -4.52. The van der Waals surface area contributed by atoms with E-state index < -0.39 is 26.0 Å². The molecule has 0 fully saturated rings. The molecule has 0 saturated carbocycles. The number of anilines is 3. The minimum absolute atomic E-state index is 0.113. The molecule has 4 rings (SSSR count). The number of hydrogen-bond donors (Lipinski definition) is 2. The Kier molecular flexibility index (Phi) is 8.54.